The van der Waals surface area contributed by atoms with E-state index in [0.717, 1.165) is 11.0 Å². The van der Waals surface area contributed by atoms with Crippen LogP contribution in [0.15, 0.2) is 12.1 Å². The van der Waals surface area contributed by atoms with Gasteiger partial charge < -0.3 is 10.0 Å². The SMILES string of the molecule is CN1C(=O)Cc2c1ccc(C(=O)O)c2C(F)(F)F. The first-order chi connectivity index (χ1) is 8.23. The van der Waals surface area contributed by atoms with Gasteiger partial charge >= 0.3 is 12.1 Å². The molecule has 1 aliphatic rings. The molecule has 1 heterocycles. The van der Waals surface area contributed by atoms with E-state index >= 15 is 0 Å². The number of nitrogens with zero attached hydrogens (tertiary/aromatic N) is 1. The molecule has 0 fully saturated rings. The van der Waals surface area contributed by atoms with Gasteiger partial charge in [-0.15, -0.1) is 0 Å². The molecule has 1 aromatic carbocycles. The van der Waals surface area contributed by atoms with E-state index in [1.807, 2.05) is 0 Å². The third-order valence-corrected chi connectivity index (χ3v) is 2.87. The fourth-order valence-corrected chi connectivity index (χ4v) is 2.04. The summed E-state index contributed by atoms with van der Waals surface area (Å²) in [5.41, 5.74) is -2.22. The molecule has 1 N–H and O–H groups in total. The van der Waals surface area contributed by atoms with Gasteiger partial charge in [0.1, 0.15) is 0 Å². The van der Waals surface area contributed by atoms with Crippen LogP contribution in [0.5, 0.6) is 0 Å². The number of rotatable bonds is 1. The number of likely N-dealkylation sites (N-methyl/N-ethyl adjacent to an activating group) is 1. The van der Waals surface area contributed by atoms with E-state index in [0.29, 0.717) is 0 Å². The maximum absolute atomic E-state index is 12.9. The smallest absolute Gasteiger partial charge is 0.417 e. The Morgan fingerprint density at radius 3 is 2.50 bits per heavy atom. The van der Waals surface area contributed by atoms with Crippen LogP contribution in [0.2, 0.25) is 0 Å². The predicted molar refractivity (Wildman–Crippen MR) is 55.5 cm³/mol. The Balaban J connectivity index is 2.75. The Kier molecular flexibility index (Phi) is 2.57. The maximum Gasteiger partial charge on any atom is 0.417 e. The first kappa shape index (κ1) is 12.4. The molecule has 0 bridgehead atoms. The van der Waals surface area contributed by atoms with Crippen molar-refractivity contribution in [2.75, 3.05) is 11.9 Å². The molecule has 4 nitrogen and oxygen atoms in total. The van der Waals surface area contributed by atoms with Gasteiger partial charge in [0.2, 0.25) is 5.91 Å². The van der Waals surface area contributed by atoms with Crippen molar-refractivity contribution < 1.29 is 27.9 Å². The standard InChI is InChI=1S/C11H8F3NO3/c1-15-7-3-2-5(10(17)18)9(11(12,13)14)6(7)4-8(15)16/h2-3H,4H2,1H3,(H,17,18). The molecule has 1 aromatic rings. The zero-order valence-electron chi connectivity index (χ0n) is 9.21. The molecule has 2 rings (SSSR count). The van der Waals surface area contributed by atoms with E-state index < -0.39 is 35.6 Å². The van der Waals surface area contributed by atoms with Crippen molar-refractivity contribution >= 4 is 17.6 Å². The van der Waals surface area contributed by atoms with Crippen molar-refractivity contribution in [2.45, 2.75) is 12.6 Å². The number of anilines is 1. The first-order valence-electron chi connectivity index (χ1n) is 4.96. The lowest BCUT2D eigenvalue weighted by Crippen LogP contribution is -2.20. The molecule has 0 saturated carbocycles. The lowest BCUT2D eigenvalue weighted by Gasteiger charge is -2.16. The first-order valence-corrected chi connectivity index (χ1v) is 4.96. The molecule has 0 aliphatic carbocycles. The summed E-state index contributed by atoms with van der Waals surface area (Å²) >= 11 is 0. The fraction of sp³-hybridized carbons (Fsp3) is 0.273. The van der Waals surface area contributed by atoms with Crippen molar-refractivity contribution in [1.29, 1.82) is 0 Å². The number of hydrogen-bond donors (Lipinski definition) is 1. The molecular weight excluding hydrogens is 251 g/mol. The van der Waals surface area contributed by atoms with Crippen molar-refractivity contribution in [3.8, 4) is 0 Å². The van der Waals surface area contributed by atoms with Gasteiger partial charge in [-0.2, -0.15) is 13.2 Å². The minimum Gasteiger partial charge on any atom is -0.478 e. The number of halogens is 3. The van der Waals surface area contributed by atoms with Crippen LogP contribution in [0.4, 0.5) is 18.9 Å². The number of hydrogen-bond acceptors (Lipinski definition) is 2. The molecule has 0 atom stereocenters. The van der Waals surface area contributed by atoms with Gasteiger partial charge in [0.15, 0.2) is 0 Å². The number of benzene rings is 1. The van der Waals surface area contributed by atoms with E-state index in [2.05, 4.69) is 0 Å². The third kappa shape index (κ3) is 1.71. The number of carboxylic acids is 1. The van der Waals surface area contributed by atoms with Crippen LogP contribution in [0, 0.1) is 0 Å². The van der Waals surface area contributed by atoms with Crippen molar-refractivity contribution in [3.05, 3.63) is 28.8 Å². The Morgan fingerprint density at radius 1 is 1.39 bits per heavy atom. The van der Waals surface area contributed by atoms with Crippen LogP contribution < -0.4 is 4.90 Å². The van der Waals surface area contributed by atoms with Crippen LogP contribution in [-0.4, -0.2) is 24.0 Å². The molecule has 96 valence electrons. The summed E-state index contributed by atoms with van der Waals surface area (Å²) in [7, 11) is 1.36. The predicted octanol–water partition coefficient (Wildman–Crippen LogP) is 1.92. The highest BCUT2D eigenvalue weighted by Crippen LogP contribution is 2.41. The number of aromatic carboxylic acids is 1. The van der Waals surface area contributed by atoms with Crippen LogP contribution in [0.1, 0.15) is 21.5 Å². The Morgan fingerprint density at radius 2 is 2.00 bits per heavy atom. The van der Waals surface area contributed by atoms with E-state index in [4.69, 9.17) is 5.11 Å². The number of amides is 1. The van der Waals surface area contributed by atoms with E-state index in [1.165, 1.54) is 13.1 Å². The molecule has 1 amide bonds. The molecule has 1 aliphatic heterocycles. The fourth-order valence-electron chi connectivity index (χ4n) is 2.04. The Labute approximate surface area is 99.6 Å². The molecular formula is C11H8F3NO3. The van der Waals surface area contributed by atoms with Gasteiger partial charge in [0, 0.05) is 12.7 Å². The zero-order valence-corrected chi connectivity index (χ0v) is 9.21. The summed E-state index contributed by atoms with van der Waals surface area (Å²) in [6.07, 6.45) is -5.23. The lowest BCUT2D eigenvalue weighted by molar-refractivity contribution is -0.138. The van der Waals surface area contributed by atoms with Gasteiger partial charge in [-0.1, -0.05) is 0 Å². The van der Waals surface area contributed by atoms with E-state index in [9.17, 15) is 22.8 Å². The molecule has 0 saturated heterocycles. The van der Waals surface area contributed by atoms with Gasteiger partial charge in [-0.25, -0.2) is 4.79 Å². The second-order valence-electron chi connectivity index (χ2n) is 3.92. The summed E-state index contributed by atoms with van der Waals surface area (Å²) in [5, 5.41) is 8.79. The Hall–Kier alpha value is -2.05. The largest absolute Gasteiger partial charge is 0.478 e. The van der Waals surface area contributed by atoms with Crippen LogP contribution in [-0.2, 0) is 17.4 Å². The normalized spacial score (nSPS) is 14.9. The van der Waals surface area contributed by atoms with Crippen LogP contribution in [0.25, 0.3) is 0 Å². The number of carbonyl (C=O) groups is 2. The minimum absolute atomic E-state index is 0.109. The van der Waals surface area contributed by atoms with Crippen molar-refractivity contribution in [1.82, 2.24) is 0 Å². The van der Waals surface area contributed by atoms with Crippen LogP contribution in [0.3, 0.4) is 0 Å². The highest BCUT2D eigenvalue weighted by molar-refractivity contribution is 6.03. The molecule has 0 spiro atoms. The Bertz CT molecular complexity index is 551. The molecule has 0 unspecified atom stereocenters. The average molecular weight is 259 g/mol. The quantitative estimate of drug-likeness (QED) is 0.838. The zero-order chi connectivity index (χ0) is 13.7. The highest BCUT2D eigenvalue weighted by Gasteiger charge is 2.42. The molecule has 0 aromatic heterocycles. The van der Waals surface area contributed by atoms with Gasteiger partial charge in [-0.05, 0) is 17.7 Å². The van der Waals surface area contributed by atoms with Crippen molar-refractivity contribution in [3.63, 3.8) is 0 Å². The number of carboxylic acid groups (broad SMARTS) is 1. The number of alkyl halides is 3. The summed E-state index contributed by atoms with van der Waals surface area (Å²) in [5.74, 6) is -2.15. The minimum atomic E-state index is -4.80. The molecule has 18 heavy (non-hydrogen) atoms. The van der Waals surface area contributed by atoms with Crippen molar-refractivity contribution in [2.24, 2.45) is 0 Å². The second kappa shape index (κ2) is 3.72. The molecule has 0 radical (unpaired) electrons. The van der Waals surface area contributed by atoms with E-state index in [-0.39, 0.29) is 11.3 Å². The van der Waals surface area contributed by atoms with Gasteiger partial charge in [0.05, 0.1) is 17.5 Å². The summed E-state index contributed by atoms with van der Waals surface area (Å²) in [6, 6.07) is 2.10. The number of carbonyl (C=O) groups excluding carboxylic acids is 1. The topological polar surface area (TPSA) is 57.6 Å². The van der Waals surface area contributed by atoms with Gasteiger partial charge in [0.25, 0.3) is 0 Å². The maximum atomic E-state index is 12.9. The second-order valence-corrected chi connectivity index (χ2v) is 3.92. The summed E-state index contributed by atoms with van der Waals surface area (Å²) in [4.78, 5) is 23.3. The number of fused-ring (bicyclic) bond motifs is 1. The monoisotopic (exact) mass is 259 g/mol. The highest BCUT2D eigenvalue weighted by atomic mass is 19.4. The van der Waals surface area contributed by atoms with E-state index in [1.54, 1.807) is 0 Å². The average Bonchev–Trinajstić information content (AvgIpc) is 2.52. The molecule has 7 heteroatoms. The summed E-state index contributed by atoms with van der Waals surface area (Å²) in [6.45, 7) is 0. The summed E-state index contributed by atoms with van der Waals surface area (Å²) < 4.78 is 38.8. The van der Waals surface area contributed by atoms with Crippen LogP contribution >= 0.6 is 0 Å². The lowest BCUT2D eigenvalue weighted by atomic mass is 9.98. The third-order valence-electron chi connectivity index (χ3n) is 2.87. The van der Waals surface area contributed by atoms with Gasteiger partial charge in [-0.3, -0.25) is 4.79 Å².